The number of alkyl halides is 9. The van der Waals surface area contributed by atoms with E-state index >= 15 is 0 Å². The predicted molar refractivity (Wildman–Crippen MR) is 43.7 cm³/mol. The molecule has 0 radical (unpaired) electrons. The van der Waals surface area contributed by atoms with Gasteiger partial charge in [0.1, 0.15) is 0 Å². The Kier molecular flexibility index (Phi) is 3.57. The Labute approximate surface area is 104 Å². The summed E-state index contributed by atoms with van der Waals surface area (Å²) in [6.45, 7) is 0. The van der Waals surface area contributed by atoms with E-state index in [1.807, 2.05) is 0 Å². The Morgan fingerprint density at radius 3 is 1.75 bits per heavy atom. The first kappa shape index (κ1) is 16.3. The van der Waals surface area contributed by atoms with Gasteiger partial charge in [-0.15, -0.1) is 0 Å². The average molecular weight is 314 g/mol. The molecular formula is C8H3F9N2O. The Bertz CT molecular complexity index is 491. The number of hydrogen-bond acceptors (Lipinski definition) is 2. The summed E-state index contributed by atoms with van der Waals surface area (Å²) in [5, 5.41) is 2.77. The molecule has 3 nitrogen and oxygen atoms in total. The van der Waals surface area contributed by atoms with Gasteiger partial charge in [0.2, 0.25) is 0 Å². The van der Waals surface area contributed by atoms with Gasteiger partial charge in [-0.1, -0.05) is 0 Å². The summed E-state index contributed by atoms with van der Waals surface area (Å²) >= 11 is 0. The molecule has 0 aliphatic carbocycles. The Morgan fingerprint density at radius 1 is 0.900 bits per heavy atom. The SMILES string of the molecule is O=C(n1cccn1)C(F)(F)C(F)(F)C(F)(F)C(F)(F)F. The van der Waals surface area contributed by atoms with Gasteiger partial charge in [0.25, 0.3) is 0 Å². The fraction of sp³-hybridized carbons (Fsp3) is 0.500. The molecule has 0 atom stereocenters. The minimum atomic E-state index is -7.10. The first-order valence-corrected chi connectivity index (χ1v) is 4.51. The monoisotopic (exact) mass is 314 g/mol. The van der Waals surface area contributed by atoms with Gasteiger partial charge in [-0.25, -0.2) is 4.68 Å². The molecule has 0 amide bonds. The van der Waals surface area contributed by atoms with Crippen molar-refractivity contribution in [3.8, 4) is 0 Å². The van der Waals surface area contributed by atoms with Crippen molar-refractivity contribution in [1.29, 1.82) is 0 Å². The van der Waals surface area contributed by atoms with Gasteiger partial charge in [0.05, 0.1) is 0 Å². The Hall–Kier alpha value is -1.75. The van der Waals surface area contributed by atoms with Gasteiger partial charge in [0.15, 0.2) is 0 Å². The van der Waals surface area contributed by atoms with Crippen molar-refractivity contribution >= 4 is 5.91 Å². The molecule has 0 aromatic carbocycles. The van der Waals surface area contributed by atoms with Crippen molar-refractivity contribution in [2.24, 2.45) is 0 Å². The molecule has 114 valence electrons. The van der Waals surface area contributed by atoms with Crippen LogP contribution in [0.3, 0.4) is 0 Å². The lowest BCUT2D eigenvalue weighted by Crippen LogP contribution is -2.64. The lowest BCUT2D eigenvalue weighted by atomic mass is 10.0. The summed E-state index contributed by atoms with van der Waals surface area (Å²) in [7, 11) is 0. The van der Waals surface area contributed by atoms with Crippen molar-refractivity contribution in [3.05, 3.63) is 18.5 Å². The second kappa shape index (κ2) is 4.38. The predicted octanol–water partition coefficient (Wildman–Crippen LogP) is 2.99. The molecule has 1 rings (SSSR count). The lowest BCUT2D eigenvalue weighted by molar-refractivity contribution is -0.386. The first-order valence-electron chi connectivity index (χ1n) is 4.51. The zero-order chi connectivity index (χ0) is 16.0. The van der Waals surface area contributed by atoms with Crippen LogP contribution in [0.2, 0.25) is 0 Å². The van der Waals surface area contributed by atoms with E-state index in [4.69, 9.17) is 0 Å². The molecule has 0 unspecified atom stereocenters. The van der Waals surface area contributed by atoms with Crippen LogP contribution in [0.15, 0.2) is 18.5 Å². The van der Waals surface area contributed by atoms with Crippen LogP contribution in [0.4, 0.5) is 39.5 Å². The summed E-state index contributed by atoms with van der Waals surface area (Å²) < 4.78 is 112. The smallest absolute Gasteiger partial charge is 0.265 e. The second-order valence-corrected chi connectivity index (χ2v) is 3.48. The summed E-state index contributed by atoms with van der Waals surface area (Å²) in [4.78, 5) is 10.9. The third kappa shape index (κ3) is 2.12. The molecule has 20 heavy (non-hydrogen) atoms. The molecule has 0 saturated heterocycles. The van der Waals surface area contributed by atoms with Crippen LogP contribution < -0.4 is 0 Å². The minimum absolute atomic E-state index is 0.387. The normalized spacial score (nSPS) is 14.4. The minimum Gasteiger partial charge on any atom is -0.265 e. The van der Waals surface area contributed by atoms with E-state index in [2.05, 4.69) is 5.10 Å². The highest BCUT2D eigenvalue weighted by atomic mass is 19.4. The third-order valence-corrected chi connectivity index (χ3v) is 2.13. The van der Waals surface area contributed by atoms with Crippen molar-refractivity contribution in [2.75, 3.05) is 0 Å². The van der Waals surface area contributed by atoms with E-state index in [9.17, 15) is 44.3 Å². The highest BCUT2D eigenvalue weighted by Crippen LogP contribution is 2.53. The summed E-state index contributed by atoms with van der Waals surface area (Å²) in [5.41, 5.74) is 0. The van der Waals surface area contributed by atoms with Gasteiger partial charge in [0, 0.05) is 12.4 Å². The number of nitrogens with zero attached hydrogens (tertiary/aromatic N) is 2. The largest absolute Gasteiger partial charge is 0.460 e. The average Bonchev–Trinajstić information content (AvgIpc) is 2.79. The molecule has 0 saturated carbocycles. The summed E-state index contributed by atoms with van der Waals surface area (Å²) in [6.07, 6.45) is -5.92. The van der Waals surface area contributed by atoms with Gasteiger partial charge in [-0.05, 0) is 6.07 Å². The van der Waals surface area contributed by atoms with E-state index in [-0.39, 0.29) is 0 Å². The molecule has 0 fully saturated rings. The van der Waals surface area contributed by atoms with Crippen LogP contribution in [-0.2, 0) is 0 Å². The fourth-order valence-corrected chi connectivity index (χ4v) is 1.04. The Balaban J connectivity index is 3.29. The van der Waals surface area contributed by atoms with E-state index < -0.39 is 34.5 Å². The van der Waals surface area contributed by atoms with Crippen molar-refractivity contribution in [2.45, 2.75) is 23.9 Å². The quantitative estimate of drug-likeness (QED) is 0.804. The topological polar surface area (TPSA) is 34.9 Å². The molecule has 1 aromatic heterocycles. The number of rotatable bonds is 3. The number of halogens is 9. The fourth-order valence-electron chi connectivity index (χ4n) is 1.04. The van der Waals surface area contributed by atoms with Gasteiger partial charge >= 0.3 is 29.9 Å². The van der Waals surface area contributed by atoms with Crippen LogP contribution in [-0.4, -0.2) is 39.6 Å². The summed E-state index contributed by atoms with van der Waals surface area (Å²) in [5.74, 6) is -23.4. The molecule has 0 N–H and O–H groups in total. The number of hydrogen-bond donors (Lipinski definition) is 0. The molecule has 0 bridgehead atoms. The van der Waals surface area contributed by atoms with E-state index in [0.29, 0.717) is 12.4 Å². The second-order valence-electron chi connectivity index (χ2n) is 3.48. The molecule has 0 aliphatic heterocycles. The van der Waals surface area contributed by atoms with Gasteiger partial charge in [-0.3, -0.25) is 4.79 Å². The van der Waals surface area contributed by atoms with Crippen LogP contribution >= 0.6 is 0 Å². The standard InChI is InChI=1S/C8H3F9N2O/c9-5(10,4(20)19-3-1-2-18-19)6(11,12)7(13,14)8(15,16)17/h1-3H. The number of carbonyl (C=O) groups excluding carboxylic acids is 1. The van der Waals surface area contributed by atoms with Gasteiger partial charge < -0.3 is 0 Å². The maximum Gasteiger partial charge on any atom is 0.460 e. The zero-order valence-electron chi connectivity index (χ0n) is 8.94. The van der Waals surface area contributed by atoms with E-state index in [1.165, 1.54) is 0 Å². The van der Waals surface area contributed by atoms with Crippen LogP contribution in [0, 0.1) is 0 Å². The molecule has 0 aliphatic rings. The Morgan fingerprint density at radius 2 is 1.40 bits per heavy atom. The number of carbonyl (C=O) groups is 1. The van der Waals surface area contributed by atoms with Crippen molar-refractivity contribution < 1.29 is 44.3 Å². The molecule has 12 heteroatoms. The van der Waals surface area contributed by atoms with Crippen LogP contribution in [0.1, 0.15) is 4.79 Å². The third-order valence-electron chi connectivity index (χ3n) is 2.13. The van der Waals surface area contributed by atoms with Crippen LogP contribution in [0.5, 0.6) is 0 Å². The lowest BCUT2D eigenvalue weighted by Gasteiger charge is -2.32. The maximum atomic E-state index is 13.0. The first-order chi connectivity index (χ1) is 8.77. The molecule has 1 heterocycles. The summed E-state index contributed by atoms with van der Waals surface area (Å²) in [6, 6.07) is 0.800. The maximum absolute atomic E-state index is 13.0. The zero-order valence-corrected chi connectivity index (χ0v) is 8.94. The molecular weight excluding hydrogens is 311 g/mol. The van der Waals surface area contributed by atoms with Crippen molar-refractivity contribution in [3.63, 3.8) is 0 Å². The molecule has 0 spiro atoms. The highest BCUT2D eigenvalue weighted by molar-refractivity contribution is 5.86. The van der Waals surface area contributed by atoms with Gasteiger partial charge in [-0.2, -0.15) is 44.6 Å². The van der Waals surface area contributed by atoms with Crippen molar-refractivity contribution in [1.82, 2.24) is 9.78 Å². The molecule has 1 aromatic rings. The van der Waals surface area contributed by atoms with Crippen LogP contribution in [0.25, 0.3) is 0 Å². The van der Waals surface area contributed by atoms with E-state index in [1.54, 1.807) is 0 Å². The van der Waals surface area contributed by atoms with E-state index in [0.717, 1.165) is 6.07 Å². The highest BCUT2D eigenvalue weighted by Gasteiger charge is 2.84. The number of aromatic nitrogens is 2.